The van der Waals surface area contributed by atoms with E-state index in [1.807, 2.05) is 37.8 Å². The van der Waals surface area contributed by atoms with E-state index in [2.05, 4.69) is 24.0 Å². The fraction of sp³-hybridized carbons (Fsp3) is 0.605. The maximum atomic E-state index is 12.8. The van der Waals surface area contributed by atoms with Gasteiger partial charge in [0.15, 0.2) is 0 Å². The lowest BCUT2D eigenvalue weighted by Crippen LogP contribution is -2.44. The van der Waals surface area contributed by atoms with Gasteiger partial charge in [-0.3, -0.25) is 0 Å². The second kappa shape index (κ2) is 17.3. The molecule has 2 aliphatic heterocycles. The molecule has 2 amide bonds. The number of halogens is 1. The first kappa shape index (κ1) is 36.6. The summed E-state index contributed by atoms with van der Waals surface area (Å²) >= 11 is 6.04. The molecule has 2 atom stereocenters. The number of hydrogen-bond acceptors (Lipinski definition) is 7. The van der Waals surface area contributed by atoms with Crippen LogP contribution in [-0.4, -0.2) is 76.9 Å². The minimum Gasteiger partial charge on any atom is -0.491 e. The number of hydrogen-bond donors (Lipinski definition) is 1. The second-order valence-corrected chi connectivity index (χ2v) is 14.9. The molecule has 49 heavy (non-hydrogen) atoms. The summed E-state index contributed by atoms with van der Waals surface area (Å²) in [6, 6.07) is 11.5. The average molecular weight is 697 g/mol. The third-order valence-electron chi connectivity index (χ3n) is 9.12. The second-order valence-electron chi connectivity index (χ2n) is 14.4. The van der Waals surface area contributed by atoms with Crippen molar-refractivity contribution in [3.8, 4) is 11.5 Å². The quantitative estimate of drug-likeness (QED) is 0.178. The molecule has 3 aromatic rings. The molecule has 0 aliphatic carbocycles. The number of ether oxygens (including phenoxy) is 4. The van der Waals surface area contributed by atoms with Gasteiger partial charge in [-0.05, 0) is 114 Å². The maximum absolute atomic E-state index is 12.8. The lowest BCUT2D eigenvalue weighted by molar-refractivity contribution is 0.0139. The van der Waals surface area contributed by atoms with Crippen molar-refractivity contribution in [1.82, 2.24) is 19.8 Å². The van der Waals surface area contributed by atoms with E-state index >= 15 is 0 Å². The summed E-state index contributed by atoms with van der Waals surface area (Å²) in [6.45, 7) is 11.8. The van der Waals surface area contributed by atoms with Crippen LogP contribution in [0.1, 0.15) is 90.4 Å². The van der Waals surface area contributed by atoms with Gasteiger partial charge in [0.2, 0.25) is 0 Å². The van der Waals surface area contributed by atoms with Gasteiger partial charge in [0.1, 0.15) is 35.0 Å². The van der Waals surface area contributed by atoms with E-state index in [0.29, 0.717) is 48.8 Å². The predicted molar refractivity (Wildman–Crippen MR) is 191 cm³/mol. The number of nitrogens with one attached hydrogen (secondary N) is 1. The number of likely N-dealkylation sites (tertiary alicyclic amines) is 2. The fourth-order valence-electron chi connectivity index (χ4n) is 6.59. The zero-order chi connectivity index (χ0) is 34.8. The molecule has 0 saturated carbocycles. The molecular weight excluding hydrogens is 644 g/mol. The first-order chi connectivity index (χ1) is 23.6. The molecule has 5 rings (SSSR count). The van der Waals surface area contributed by atoms with Crippen molar-refractivity contribution in [2.45, 2.75) is 97.7 Å². The summed E-state index contributed by atoms with van der Waals surface area (Å²) in [5.41, 5.74) is 2.24. The molecule has 3 heterocycles. The van der Waals surface area contributed by atoms with Crippen molar-refractivity contribution < 1.29 is 28.5 Å². The van der Waals surface area contributed by atoms with Crippen LogP contribution in [0.5, 0.6) is 11.5 Å². The fourth-order valence-corrected chi connectivity index (χ4v) is 6.72. The van der Waals surface area contributed by atoms with E-state index in [1.165, 1.54) is 0 Å². The van der Waals surface area contributed by atoms with Gasteiger partial charge in [-0.2, -0.15) is 0 Å². The van der Waals surface area contributed by atoms with Crippen LogP contribution >= 0.6 is 11.6 Å². The number of benzene rings is 2. The van der Waals surface area contributed by atoms with E-state index in [9.17, 15) is 9.59 Å². The Hall–Kier alpha value is -3.66. The maximum Gasteiger partial charge on any atom is 0.410 e. The van der Waals surface area contributed by atoms with Gasteiger partial charge < -0.3 is 33.7 Å². The van der Waals surface area contributed by atoms with Crippen molar-refractivity contribution >= 4 is 34.8 Å². The van der Waals surface area contributed by atoms with Crippen molar-refractivity contribution in [3.05, 3.63) is 52.8 Å². The van der Waals surface area contributed by atoms with Gasteiger partial charge in [0, 0.05) is 37.1 Å². The third kappa shape index (κ3) is 10.9. The third-order valence-corrected chi connectivity index (χ3v) is 9.37. The highest BCUT2D eigenvalue weighted by atomic mass is 35.5. The van der Waals surface area contributed by atoms with Gasteiger partial charge in [0.05, 0.1) is 18.7 Å². The number of aromatic nitrogens is 2. The molecule has 0 spiro atoms. The van der Waals surface area contributed by atoms with Crippen LogP contribution in [0.25, 0.3) is 11.0 Å². The van der Waals surface area contributed by atoms with Gasteiger partial charge >= 0.3 is 12.2 Å². The first-order valence-electron chi connectivity index (χ1n) is 18.0. The van der Waals surface area contributed by atoms with Crippen molar-refractivity contribution in [2.24, 2.45) is 11.8 Å². The van der Waals surface area contributed by atoms with Gasteiger partial charge in [0.25, 0.3) is 0 Å². The largest absolute Gasteiger partial charge is 0.491 e. The number of aromatic amines is 1. The first-order valence-corrected chi connectivity index (χ1v) is 18.4. The number of amides is 2. The number of aryl methyl sites for hydroxylation is 1. The van der Waals surface area contributed by atoms with Crippen LogP contribution in [0.4, 0.5) is 9.59 Å². The summed E-state index contributed by atoms with van der Waals surface area (Å²) in [7, 11) is 0. The summed E-state index contributed by atoms with van der Waals surface area (Å²) in [5, 5.41) is 0.656. The summed E-state index contributed by atoms with van der Waals surface area (Å²) in [5.74, 6) is 2.83. The molecule has 2 unspecified atom stereocenters. The average Bonchev–Trinajstić information content (AvgIpc) is 3.50. The van der Waals surface area contributed by atoms with E-state index in [4.69, 9.17) is 35.5 Å². The molecule has 11 heteroatoms. The number of fused-ring (bicyclic) bond motifs is 1. The summed E-state index contributed by atoms with van der Waals surface area (Å²) in [4.78, 5) is 37.4. The molecule has 1 aromatic heterocycles. The number of unbranched alkanes of at least 4 members (excludes halogenated alkanes) is 1. The Balaban J connectivity index is 1.26. The molecule has 0 radical (unpaired) electrons. The highest BCUT2D eigenvalue weighted by Crippen LogP contribution is 2.33. The summed E-state index contributed by atoms with van der Waals surface area (Å²) < 4.78 is 23.8. The number of rotatable bonds is 13. The number of carbonyl (C=O) groups excluding carboxylic acids is 2. The lowest BCUT2D eigenvalue weighted by Gasteiger charge is -2.34. The smallest absolute Gasteiger partial charge is 0.410 e. The SMILES string of the molecule is CCCCOC(=O)N1CCCC(CCCc2ccc3[nH]c(COc4ccc(Cl)cc4)nc3c2OCC2CCCN(C(=O)OC(C)(C)C)C2)C1. The number of carbonyl (C=O) groups is 2. The Bertz CT molecular complexity index is 1520. The standard InChI is InChI=1S/C38H53ClN4O6/c1-5-6-22-46-36(44)42-20-8-11-27(23-42)10-7-13-29-14-19-32-34(41-33(40-32)26-47-31-17-15-30(39)16-18-31)35(29)48-25-28-12-9-21-43(24-28)37(45)49-38(2,3)4/h14-19,27-28H,5-13,20-26H2,1-4H3,(H,40,41). The molecular formula is C38H53ClN4O6. The number of imidazole rings is 1. The number of nitrogens with zero attached hydrogens (tertiary/aromatic N) is 3. The lowest BCUT2D eigenvalue weighted by atomic mass is 9.92. The molecule has 2 saturated heterocycles. The van der Waals surface area contributed by atoms with Gasteiger partial charge in [-0.25, -0.2) is 14.6 Å². The number of piperidine rings is 2. The Morgan fingerprint density at radius 2 is 1.65 bits per heavy atom. The zero-order valence-corrected chi connectivity index (χ0v) is 30.4. The Morgan fingerprint density at radius 1 is 0.939 bits per heavy atom. The van der Waals surface area contributed by atoms with Gasteiger partial charge in [-0.15, -0.1) is 0 Å². The van der Waals surface area contributed by atoms with E-state index in [-0.39, 0.29) is 24.7 Å². The zero-order valence-electron chi connectivity index (χ0n) is 29.6. The van der Waals surface area contributed by atoms with E-state index < -0.39 is 5.60 Å². The van der Waals surface area contributed by atoms with Gasteiger partial charge in [-0.1, -0.05) is 31.0 Å². The van der Waals surface area contributed by atoms with E-state index in [1.54, 1.807) is 17.0 Å². The Kier molecular flexibility index (Phi) is 12.9. The van der Waals surface area contributed by atoms with Crippen molar-refractivity contribution in [2.75, 3.05) is 39.4 Å². The van der Waals surface area contributed by atoms with Crippen LogP contribution < -0.4 is 9.47 Å². The summed E-state index contributed by atoms with van der Waals surface area (Å²) in [6.07, 6.45) is 8.28. The predicted octanol–water partition coefficient (Wildman–Crippen LogP) is 8.79. The van der Waals surface area contributed by atoms with Crippen LogP contribution in [0.2, 0.25) is 5.02 Å². The van der Waals surface area contributed by atoms with Crippen LogP contribution in [0.15, 0.2) is 36.4 Å². The molecule has 2 aromatic carbocycles. The topological polar surface area (TPSA) is 106 Å². The highest BCUT2D eigenvalue weighted by molar-refractivity contribution is 6.30. The normalized spacial score (nSPS) is 18.4. The monoisotopic (exact) mass is 696 g/mol. The van der Waals surface area contributed by atoms with Crippen LogP contribution in [-0.2, 0) is 22.5 Å². The molecule has 1 N–H and O–H groups in total. The molecule has 2 aliphatic rings. The Labute approximate surface area is 295 Å². The van der Waals surface area contributed by atoms with Crippen LogP contribution in [0.3, 0.4) is 0 Å². The molecule has 268 valence electrons. The minimum absolute atomic E-state index is 0.179. The highest BCUT2D eigenvalue weighted by Gasteiger charge is 2.29. The number of H-pyrrole nitrogens is 1. The van der Waals surface area contributed by atoms with E-state index in [0.717, 1.165) is 93.2 Å². The molecule has 0 bridgehead atoms. The Morgan fingerprint density at radius 3 is 2.39 bits per heavy atom. The molecule has 10 nitrogen and oxygen atoms in total. The molecule has 2 fully saturated rings. The minimum atomic E-state index is -0.534. The van der Waals surface area contributed by atoms with Crippen molar-refractivity contribution in [3.63, 3.8) is 0 Å². The van der Waals surface area contributed by atoms with Crippen LogP contribution in [0, 0.1) is 11.8 Å². The van der Waals surface area contributed by atoms with Crippen molar-refractivity contribution in [1.29, 1.82) is 0 Å².